The molecule has 6 nitrogen and oxygen atoms in total. The molecule has 1 aliphatic heterocycles. The predicted octanol–water partition coefficient (Wildman–Crippen LogP) is 3.90. The molecule has 3 rings (SSSR count). The van der Waals surface area contributed by atoms with E-state index in [1.54, 1.807) is 0 Å². The average molecular weight is 444 g/mol. The van der Waals surface area contributed by atoms with Crippen LogP contribution in [0.3, 0.4) is 0 Å². The van der Waals surface area contributed by atoms with Crippen molar-refractivity contribution in [2.24, 2.45) is 0 Å². The molecule has 1 atom stereocenters. The number of carbonyl (C=O) groups is 1. The third-order valence-corrected chi connectivity index (χ3v) is 5.63. The Morgan fingerprint density at radius 1 is 1.21 bits per heavy atom. The average Bonchev–Trinajstić information content (AvgIpc) is 2.85. The van der Waals surface area contributed by atoms with E-state index in [9.17, 15) is 22.0 Å². The number of cyclic esters (lactones) is 1. The molecule has 0 bridgehead atoms. The van der Waals surface area contributed by atoms with Crippen molar-refractivity contribution in [1.29, 1.82) is 0 Å². The first-order valence-electron chi connectivity index (χ1n) is 8.36. The van der Waals surface area contributed by atoms with Crippen LogP contribution in [-0.2, 0) is 19.4 Å². The second kappa shape index (κ2) is 7.72. The van der Waals surface area contributed by atoms with Crippen LogP contribution in [0.4, 0.5) is 8.78 Å². The zero-order chi connectivity index (χ0) is 21.4. The van der Waals surface area contributed by atoms with Crippen molar-refractivity contribution >= 4 is 33.0 Å². The summed E-state index contributed by atoms with van der Waals surface area (Å²) in [5, 5.41) is 0.347. The van der Waals surface area contributed by atoms with Gasteiger partial charge in [0.25, 0.3) is 0 Å². The molecule has 1 aromatic heterocycles. The fourth-order valence-electron chi connectivity index (χ4n) is 3.01. The highest BCUT2D eigenvalue weighted by atomic mass is 35.5. The lowest BCUT2D eigenvalue weighted by Crippen LogP contribution is -2.30. The van der Waals surface area contributed by atoms with Crippen LogP contribution in [0.15, 0.2) is 53.2 Å². The van der Waals surface area contributed by atoms with Crippen molar-refractivity contribution in [3.63, 3.8) is 0 Å². The molecule has 0 fully saturated rings. The summed E-state index contributed by atoms with van der Waals surface area (Å²) in [7, 11) is -3.46. The maximum absolute atomic E-state index is 13.2. The molecule has 0 amide bonds. The Morgan fingerprint density at radius 2 is 1.86 bits per heavy atom. The molecular weight excluding hydrogens is 428 g/mol. The van der Waals surface area contributed by atoms with Crippen LogP contribution >= 0.6 is 11.6 Å². The minimum atomic E-state index is -3.46. The number of carbonyl (C=O) groups excluding carboxylic acids is 1. The largest absolute Gasteiger partial charge is 0.448 e. The van der Waals surface area contributed by atoms with E-state index in [2.05, 4.69) is 4.98 Å². The van der Waals surface area contributed by atoms with Gasteiger partial charge < -0.3 is 9.47 Å². The Morgan fingerprint density at radius 3 is 2.38 bits per heavy atom. The van der Waals surface area contributed by atoms with Gasteiger partial charge in [0.15, 0.2) is 9.84 Å². The minimum Gasteiger partial charge on any atom is -0.448 e. The molecular formula is C19H16ClF2NO5S. The molecule has 1 aromatic carbocycles. The molecule has 0 saturated carbocycles. The number of nitrogens with zero attached hydrogens (tertiary/aromatic N) is 1. The number of aromatic nitrogens is 1. The Bertz CT molecular complexity index is 1070. The summed E-state index contributed by atoms with van der Waals surface area (Å²) in [6.07, 6.45) is -1.17. The number of hydrogen-bond donors (Lipinski definition) is 0. The van der Waals surface area contributed by atoms with Gasteiger partial charge in [-0.3, -0.25) is 0 Å². The molecule has 0 unspecified atom stereocenters. The van der Waals surface area contributed by atoms with Crippen molar-refractivity contribution in [1.82, 2.24) is 4.98 Å². The molecule has 1 aliphatic rings. The topological polar surface area (TPSA) is 82.6 Å². The van der Waals surface area contributed by atoms with Gasteiger partial charge in [-0.1, -0.05) is 23.7 Å². The smallest absolute Gasteiger partial charge is 0.375 e. The van der Waals surface area contributed by atoms with Gasteiger partial charge in [-0.15, -0.1) is 0 Å². The number of ether oxygens (including phenoxy) is 2. The van der Waals surface area contributed by atoms with Crippen LogP contribution < -0.4 is 4.74 Å². The number of rotatable bonds is 6. The van der Waals surface area contributed by atoms with Crippen molar-refractivity contribution in [2.75, 3.05) is 6.26 Å². The van der Waals surface area contributed by atoms with Gasteiger partial charge in [-0.25, -0.2) is 27.0 Å². The molecule has 2 heterocycles. The van der Waals surface area contributed by atoms with Crippen molar-refractivity contribution in [2.45, 2.75) is 30.3 Å². The van der Waals surface area contributed by atoms with Crippen molar-refractivity contribution < 1.29 is 31.5 Å². The molecule has 0 N–H and O–H groups in total. The fourth-order valence-corrected chi connectivity index (χ4v) is 3.75. The molecule has 0 spiro atoms. The summed E-state index contributed by atoms with van der Waals surface area (Å²) in [5.41, 5.74) is -1.27. The van der Waals surface area contributed by atoms with Crippen LogP contribution in [0.1, 0.15) is 18.9 Å². The van der Waals surface area contributed by atoms with Crippen LogP contribution in [0.5, 0.6) is 5.88 Å². The van der Waals surface area contributed by atoms with Crippen LogP contribution in [0.25, 0.3) is 5.57 Å². The first kappa shape index (κ1) is 21.2. The van der Waals surface area contributed by atoms with Gasteiger partial charge >= 0.3 is 5.97 Å². The molecule has 0 radical (unpaired) electrons. The van der Waals surface area contributed by atoms with Gasteiger partial charge in [-0.2, -0.15) is 0 Å². The van der Waals surface area contributed by atoms with E-state index in [1.165, 1.54) is 49.5 Å². The molecule has 0 aliphatic carbocycles. The summed E-state index contributed by atoms with van der Waals surface area (Å²) in [5.74, 6) is -1.20. The van der Waals surface area contributed by atoms with Crippen molar-refractivity contribution in [3.8, 4) is 5.88 Å². The lowest BCUT2D eigenvalue weighted by Gasteiger charge is -2.26. The van der Waals surface area contributed by atoms with E-state index in [1.807, 2.05) is 0 Å². The SMILES string of the molecule is C[C@]1(CC(F)F)OC(=O)C(Oc2ccc(Cl)cn2)=C1c1ccc(S(C)(=O)=O)cc1. The second-order valence-corrected chi connectivity index (χ2v) is 9.09. The van der Waals surface area contributed by atoms with Crippen molar-refractivity contribution in [3.05, 3.63) is 58.9 Å². The quantitative estimate of drug-likeness (QED) is 0.630. The number of esters is 1. The number of sulfone groups is 1. The van der Waals surface area contributed by atoms with Crippen LogP contribution in [-0.4, -0.2) is 37.7 Å². The highest BCUT2D eigenvalue weighted by Crippen LogP contribution is 2.44. The first-order valence-corrected chi connectivity index (χ1v) is 10.6. The lowest BCUT2D eigenvalue weighted by molar-refractivity contribution is -0.149. The highest BCUT2D eigenvalue weighted by Gasteiger charge is 2.48. The van der Waals surface area contributed by atoms with E-state index in [-0.39, 0.29) is 22.1 Å². The number of halogens is 3. The summed E-state index contributed by atoms with van der Waals surface area (Å²) < 4.78 is 60.6. The molecule has 10 heteroatoms. The zero-order valence-corrected chi connectivity index (χ0v) is 16.9. The van der Waals surface area contributed by atoms with Gasteiger partial charge in [0, 0.05) is 18.5 Å². The van der Waals surface area contributed by atoms with Gasteiger partial charge in [0.2, 0.25) is 18.1 Å². The normalized spacial score (nSPS) is 19.6. The molecule has 154 valence electrons. The van der Waals surface area contributed by atoms with Crippen LogP contribution in [0, 0.1) is 0 Å². The monoisotopic (exact) mass is 443 g/mol. The Hall–Kier alpha value is -2.52. The fraction of sp³-hybridized carbons (Fsp3) is 0.263. The third kappa shape index (κ3) is 4.56. The summed E-state index contributed by atoms with van der Waals surface area (Å²) in [6, 6.07) is 8.37. The maximum atomic E-state index is 13.2. The standard InChI is InChI=1S/C19H16ClF2NO5S/c1-19(9-14(21)22)16(11-3-6-13(7-4-11)29(2,25)26)17(18(24)28-19)27-15-8-5-12(20)10-23-15/h3-8,10,14H,9H2,1-2H3/t19-/m1/s1. The van der Waals surface area contributed by atoms with Gasteiger partial charge in [0.1, 0.15) is 5.60 Å². The van der Waals surface area contributed by atoms with E-state index in [0.29, 0.717) is 10.6 Å². The zero-order valence-electron chi connectivity index (χ0n) is 15.4. The maximum Gasteiger partial charge on any atom is 0.375 e. The number of alkyl halides is 2. The van der Waals surface area contributed by atoms with Crippen LogP contribution in [0.2, 0.25) is 5.02 Å². The van der Waals surface area contributed by atoms with E-state index in [4.69, 9.17) is 21.1 Å². The third-order valence-electron chi connectivity index (χ3n) is 4.28. The minimum absolute atomic E-state index is 0.0212. The van der Waals surface area contributed by atoms with E-state index in [0.717, 1.165) is 6.26 Å². The molecule has 0 saturated heterocycles. The number of hydrogen-bond acceptors (Lipinski definition) is 6. The summed E-state index contributed by atoms with van der Waals surface area (Å²) in [6.45, 7) is 1.35. The van der Waals surface area contributed by atoms with Gasteiger partial charge in [0.05, 0.1) is 21.9 Å². The molecule has 29 heavy (non-hydrogen) atoms. The summed E-state index contributed by atoms with van der Waals surface area (Å²) in [4.78, 5) is 16.4. The van der Waals surface area contributed by atoms with E-state index < -0.39 is 34.3 Å². The number of benzene rings is 1. The van der Waals surface area contributed by atoms with E-state index >= 15 is 0 Å². The Labute approximate surface area is 171 Å². The summed E-state index contributed by atoms with van der Waals surface area (Å²) >= 11 is 5.78. The highest BCUT2D eigenvalue weighted by molar-refractivity contribution is 7.90. The lowest BCUT2D eigenvalue weighted by atomic mass is 9.87. The Kier molecular flexibility index (Phi) is 5.64. The molecule has 2 aromatic rings. The first-order chi connectivity index (χ1) is 13.5. The second-order valence-electron chi connectivity index (χ2n) is 6.63. The predicted molar refractivity (Wildman–Crippen MR) is 101 cm³/mol. The van der Waals surface area contributed by atoms with Gasteiger partial charge in [-0.05, 0) is 30.7 Å². The Balaban J connectivity index is 2.12. The number of pyridine rings is 1.